The van der Waals surface area contributed by atoms with E-state index < -0.39 is 0 Å². The summed E-state index contributed by atoms with van der Waals surface area (Å²) in [6.45, 7) is 5.95. The molecular formula is C25H33N5. The molecule has 158 valence electrons. The summed E-state index contributed by atoms with van der Waals surface area (Å²) < 4.78 is 0. The molecule has 2 heterocycles. The number of aliphatic imine (C=N–C) groups is 1. The Bertz CT molecular complexity index is 847. The monoisotopic (exact) mass is 403 g/mol. The molecule has 5 heteroatoms. The quantitative estimate of drug-likeness (QED) is 0.421. The summed E-state index contributed by atoms with van der Waals surface area (Å²) >= 11 is 0. The van der Waals surface area contributed by atoms with Gasteiger partial charge in [0.05, 0.1) is 6.04 Å². The highest BCUT2D eigenvalue weighted by Crippen LogP contribution is 2.24. The second-order valence-electron chi connectivity index (χ2n) is 8.02. The number of likely N-dealkylation sites (tertiary alicyclic amines) is 1. The van der Waals surface area contributed by atoms with Crippen LogP contribution in [0.4, 0.5) is 5.69 Å². The van der Waals surface area contributed by atoms with E-state index >= 15 is 0 Å². The fourth-order valence-electron chi connectivity index (χ4n) is 4.34. The molecule has 1 unspecified atom stereocenters. The Hall–Kier alpha value is -2.79. The third kappa shape index (κ3) is 5.22. The van der Waals surface area contributed by atoms with Crippen molar-refractivity contribution in [3.05, 3.63) is 77.9 Å². The molecule has 2 aliphatic rings. The van der Waals surface area contributed by atoms with E-state index in [4.69, 9.17) is 0 Å². The van der Waals surface area contributed by atoms with Gasteiger partial charge in [0.1, 0.15) is 0 Å². The molecule has 2 aromatic carbocycles. The van der Waals surface area contributed by atoms with E-state index in [1.165, 1.54) is 42.7 Å². The van der Waals surface area contributed by atoms with Crippen LogP contribution in [0.3, 0.4) is 0 Å². The second kappa shape index (κ2) is 10.3. The lowest BCUT2D eigenvalue weighted by atomic mass is 10.1. The summed E-state index contributed by atoms with van der Waals surface area (Å²) in [4.78, 5) is 9.41. The van der Waals surface area contributed by atoms with Crippen molar-refractivity contribution in [1.29, 1.82) is 0 Å². The topological polar surface area (TPSA) is 42.9 Å². The van der Waals surface area contributed by atoms with E-state index in [0.717, 1.165) is 32.1 Å². The molecule has 0 radical (unpaired) electrons. The van der Waals surface area contributed by atoms with Gasteiger partial charge in [0.25, 0.3) is 0 Å². The number of guanidine groups is 1. The summed E-state index contributed by atoms with van der Waals surface area (Å²) in [5, 5.41) is 7.05. The van der Waals surface area contributed by atoms with Crippen molar-refractivity contribution >= 4 is 11.6 Å². The molecule has 1 fully saturated rings. The smallest absolute Gasteiger partial charge is 0.191 e. The SMILES string of the molecule is CN=C(NCc1cccc(N2CC=CC2)c1)NCC(c1ccccc1)N1CCCC1. The zero-order valence-corrected chi connectivity index (χ0v) is 17.9. The van der Waals surface area contributed by atoms with Gasteiger partial charge in [-0.15, -0.1) is 0 Å². The molecule has 0 aliphatic carbocycles. The number of nitrogens with one attached hydrogen (secondary N) is 2. The van der Waals surface area contributed by atoms with Gasteiger partial charge in [0, 0.05) is 38.9 Å². The minimum Gasteiger partial charge on any atom is -0.364 e. The Morgan fingerprint density at radius 3 is 2.47 bits per heavy atom. The van der Waals surface area contributed by atoms with Gasteiger partial charge in [-0.1, -0.05) is 54.6 Å². The van der Waals surface area contributed by atoms with E-state index in [2.05, 4.69) is 92.2 Å². The molecule has 1 saturated heterocycles. The predicted octanol–water partition coefficient (Wildman–Crippen LogP) is 3.56. The molecule has 0 amide bonds. The fraction of sp³-hybridized carbons (Fsp3) is 0.400. The maximum absolute atomic E-state index is 4.45. The summed E-state index contributed by atoms with van der Waals surface area (Å²) in [5.41, 5.74) is 3.91. The number of hydrogen-bond acceptors (Lipinski definition) is 3. The number of hydrogen-bond donors (Lipinski definition) is 2. The lowest BCUT2D eigenvalue weighted by Crippen LogP contribution is -2.42. The minimum atomic E-state index is 0.373. The molecule has 2 aliphatic heterocycles. The van der Waals surface area contributed by atoms with Crippen LogP contribution in [0.15, 0.2) is 71.7 Å². The lowest BCUT2D eigenvalue weighted by Gasteiger charge is -2.29. The third-order valence-electron chi connectivity index (χ3n) is 6.01. The summed E-state index contributed by atoms with van der Waals surface area (Å²) in [5.74, 6) is 0.850. The van der Waals surface area contributed by atoms with E-state index in [9.17, 15) is 0 Å². The molecule has 2 N–H and O–H groups in total. The number of anilines is 1. The molecule has 0 saturated carbocycles. The summed E-state index contributed by atoms with van der Waals surface area (Å²) in [7, 11) is 1.84. The van der Waals surface area contributed by atoms with Crippen LogP contribution in [0, 0.1) is 0 Å². The molecule has 0 aromatic heterocycles. The standard InChI is InChI=1S/C25H33N5/c1-26-25(27-19-21-10-9-13-23(18-21)29-14-5-6-15-29)28-20-24(30-16-7-8-17-30)22-11-3-2-4-12-22/h2-6,9-13,18,24H,7-8,14-17,19-20H2,1H3,(H2,26,27,28). The van der Waals surface area contributed by atoms with Crippen molar-refractivity contribution in [3.63, 3.8) is 0 Å². The van der Waals surface area contributed by atoms with Gasteiger partial charge in [-0.2, -0.15) is 0 Å². The highest BCUT2D eigenvalue weighted by Gasteiger charge is 2.23. The summed E-state index contributed by atoms with van der Waals surface area (Å²) in [6, 6.07) is 20.0. The maximum atomic E-state index is 4.45. The zero-order valence-electron chi connectivity index (χ0n) is 17.9. The first-order valence-corrected chi connectivity index (χ1v) is 11.1. The maximum Gasteiger partial charge on any atom is 0.191 e. The van der Waals surface area contributed by atoms with Gasteiger partial charge in [0.15, 0.2) is 5.96 Å². The minimum absolute atomic E-state index is 0.373. The van der Waals surface area contributed by atoms with Crippen LogP contribution < -0.4 is 15.5 Å². The van der Waals surface area contributed by atoms with E-state index in [0.29, 0.717) is 6.04 Å². The second-order valence-corrected chi connectivity index (χ2v) is 8.02. The summed E-state index contributed by atoms with van der Waals surface area (Å²) in [6.07, 6.45) is 7.03. The van der Waals surface area contributed by atoms with Crippen LogP contribution in [0.25, 0.3) is 0 Å². The van der Waals surface area contributed by atoms with Crippen molar-refractivity contribution in [3.8, 4) is 0 Å². The highest BCUT2D eigenvalue weighted by molar-refractivity contribution is 5.79. The normalized spacial score (nSPS) is 18.0. The number of nitrogens with zero attached hydrogens (tertiary/aromatic N) is 3. The average Bonchev–Trinajstić information content (AvgIpc) is 3.52. The predicted molar refractivity (Wildman–Crippen MR) is 126 cm³/mol. The molecule has 0 spiro atoms. The first kappa shape index (κ1) is 20.5. The molecule has 0 bridgehead atoms. The van der Waals surface area contributed by atoms with Gasteiger partial charge in [-0.3, -0.25) is 9.89 Å². The van der Waals surface area contributed by atoms with Crippen LogP contribution in [-0.2, 0) is 6.54 Å². The van der Waals surface area contributed by atoms with Gasteiger partial charge < -0.3 is 15.5 Å². The Morgan fingerprint density at radius 2 is 1.73 bits per heavy atom. The van der Waals surface area contributed by atoms with Crippen LogP contribution in [-0.4, -0.2) is 50.6 Å². The van der Waals surface area contributed by atoms with E-state index in [1.807, 2.05) is 7.05 Å². The van der Waals surface area contributed by atoms with Crippen molar-refractivity contribution in [1.82, 2.24) is 15.5 Å². The van der Waals surface area contributed by atoms with Crippen molar-refractivity contribution < 1.29 is 0 Å². The van der Waals surface area contributed by atoms with Crippen LogP contribution in [0.5, 0.6) is 0 Å². The Morgan fingerprint density at radius 1 is 0.967 bits per heavy atom. The Kier molecular flexibility index (Phi) is 7.03. The van der Waals surface area contributed by atoms with E-state index in [1.54, 1.807) is 0 Å². The largest absolute Gasteiger partial charge is 0.364 e. The Labute approximate surface area is 180 Å². The molecule has 5 nitrogen and oxygen atoms in total. The number of rotatable bonds is 7. The highest BCUT2D eigenvalue weighted by atomic mass is 15.2. The van der Waals surface area contributed by atoms with Gasteiger partial charge in [0.2, 0.25) is 0 Å². The Balaban J connectivity index is 1.34. The van der Waals surface area contributed by atoms with Gasteiger partial charge >= 0.3 is 0 Å². The van der Waals surface area contributed by atoms with Crippen molar-refractivity contribution in [2.75, 3.05) is 44.7 Å². The first-order valence-electron chi connectivity index (χ1n) is 11.1. The first-order chi connectivity index (χ1) is 14.8. The molecule has 4 rings (SSSR count). The van der Waals surface area contributed by atoms with Gasteiger partial charge in [-0.05, 0) is 49.2 Å². The van der Waals surface area contributed by atoms with Crippen molar-refractivity contribution in [2.24, 2.45) is 4.99 Å². The number of benzene rings is 2. The fourth-order valence-corrected chi connectivity index (χ4v) is 4.34. The average molecular weight is 404 g/mol. The van der Waals surface area contributed by atoms with Crippen LogP contribution in [0.2, 0.25) is 0 Å². The molecule has 2 aromatic rings. The lowest BCUT2D eigenvalue weighted by molar-refractivity contribution is 0.245. The molecule has 1 atom stereocenters. The third-order valence-corrected chi connectivity index (χ3v) is 6.01. The van der Waals surface area contributed by atoms with Crippen LogP contribution in [0.1, 0.15) is 30.0 Å². The molecular weight excluding hydrogens is 370 g/mol. The van der Waals surface area contributed by atoms with Gasteiger partial charge in [-0.25, -0.2) is 0 Å². The zero-order chi connectivity index (χ0) is 20.6. The molecule has 30 heavy (non-hydrogen) atoms. The van der Waals surface area contributed by atoms with Crippen molar-refractivity contribution in [2.45, 2.75) is 25.4 Å². The van der Waals surface area contributed by atoms with E-state index in [-0.39, 0.29) is 0 Å². The van der Waals surface area contributed by atoms with Crippen LogP contribution >= 0.6 is 0 Å².